The van der Waals surface area contributed by atoms with Crippen molar-refractivity contribution in [2.45, 2.75) is 56.0 Å². The normalized spacial score (nSPS) is 16.2. The van der Waals surface area contributed by atoms with Crippen LogP contribution in [0.3, 0.4) is 0 Å². The number of amides is 2. The molecule has 0 spiro atoms. The van der Waals surface area contributed by atoms with Gasteiger partial charge >= 0.3 is 0 Å². The minimum atomic E-state index is -3.52. The van der Waals surface area contributed by atoms with Crippen LogP contribution in [0, 0.1) is 0 Å². The third-order valence-corrected chi connectivity index (χ3v) is 10.4. The van der Waals surface area contributed by atoms with Crippen molar-refractivity contribution >= 4 is 49.9 Å². The van der Waals surface area contributed by atoms with E-state index in [1.807, 2.05) is 41.3 Å². The Morgan fingerprint density at radius 3 is 2.44 bits per heavy atom. The van der Waals surface area contributed by atoms with Gasteiger partial charge < -0.3 is 19.5 Å². The summed E-state index contributed by atoms with van der Waals surface area (Å²) >= 11 is 6.12. The van der Waals surface area contributed by atoms with E-state index >= 15 is 0 Å². The number of piperidine rings is 2. The Kier molecular flexibility index (Phi) is 10.0. The monoisotopic (exact) mass is 687 g/mol. The van der Waals surface area contributed by atoms with Crippen LogP contribution in [0.1, 0.15) is 53.8 Å². The van der Waals surface area contributed by atoms with E-state index in [2.05, 4.69) is 28.4 Å². The number of nitrogens with one attached hydrogen (secondary N) is 1. The molecule has 2 amide bonds. The van der Waals surface area contributed by atoms with E-state index in [1.165, 1.54) is 23.8 Å². The van der Waals surface area contributed by atoms with E-state index in [4.69, 9.17) is 16.0 Å². The fraction of sp³-hybridized carbons (Fsp3) is 0.324. The molecule has 3 heterocycles. The summed E-state index contributed by atoms with van der Waals surface area (Å²) in [4.78, 5) is 43.2. The average molecular weight is 688 g/mol. The van der Waals surface area contributed by atoms with Crippen LogP contribution in [-0.4, -0.2) is 57.1 Å². The molecule has 48 heavy (non-hydrogen) atoms. The molecule has 1 N–H and O–H groups in total. The van der Waals surface area contributed by atoms with E-state index in [-0.39, 0.29) is 27.5 Å². The lowest BCUT2D eigenvalue weighted by molar-refractivity contribution is -0.133. The Morgan fingerprint density at radius 1 is 0.958 bits per heavy atom. The van der Waals surface area contributed by atoms with Gasteiger partial charge in [0.15, 0.2) is 21.0 Å². The van der Waals surface area contributed by atoms with Gasteiger partial charge in [-0.1, -0.05) is 53.6 Å². The molecule has 1 atom stereocenters. The van der Waals surface area contributed by atoms with E-state index in [0.29, 0.717) is 24.4 Å². The van der Waals surface area contributed by atoms with Crippen molar-refractivity contribution in [2.75, 3.05) is 30.8 Å². The molecule has 9 nitrogen and oxygen atoms in total. The summed E-state index contributed by atoms with van der Waals surface area (Å²) in [6.07, 6.45) is 7.89. The minimum absolute atomic E-state index is 0.000733. The van der Waals surface area contributed by atoms with Gasteiger partial charge in [0.1, 0.15) is 5.58 Å². The fourth-order valence-electron chi connectivity index (χ4n) is 6.42. The van der Waals surface area contributed by atoms with Crippen LogP contribution < -0.4 is 15.6 Å². The number of carbonyl (C=O) groups is 2. The topological polar surface area (TPSA) is 117 Å². The summed E-state index contributed by atoms with van der Waals surface area (Å²) in [5, 5.41) is 3.75. The molecule has 0 aliphatic carbocycles. The molecule has 2 fully saturated rings. The predicted octanol–water partition coefficient (Wildman–Crippen LogP) is 5.93. The molecule has 3 aromatic carbocycles. The van der Waals surface area contributed by atoms with Crippen LogP contribution in [-0.2, 0) is 27.6 Å². The van der Waals surface area contributed by atoms with Gasteiger partial charge in [0.25, 0.3) is 5.91 Å². The van der Waals surface area contributed by atoms with Crippen LogP contribution in [0.2, 0.25) is 5.02 Å². The van der Waals surface area contributed by atoms with Gasteiger partial charge in [-0.15, -0.1) is 0 Å². The predicted molar refractivity (Wildman–Crippen MR) is 187 cm³/mol. The van der Waals surface area contributed by atoms with E-state index in [9.17, 15) is 22.8 Å². The molecule has 2 aliphatic heterocycles. The number of sulfone groups is 1. The van der Waals surface area contributed by atoms with E-state index < -0.39 is 27.2 Å². The van der Waals surface area contributed by atoms with Crippen LogP contribution in [0.15, 0.2) is 98.6 Å². The minimum Gasteiger partial charge on any atom is -0.451 e. The van der Waals surface area contributed by atoms with Crippen molar-refractivity contribution < 1.29 is 22.4 Å². The number of benzene rings is 3. The first-order chi connectivity index (χ1) is 23.0. The Balaban J connectivity index is 1.19. The number of anilines is 1. The average Bonchev–Trinajstić information content (AvgIpc) is 3.07. The van der Waals surface area contributed by atoms with Crippen molar-refractivity contribution in [3.05, 3.63) is 117 Å². The maximum atomic E-state index is 13.5. The summed E-state index contributed by atoms with van der Waals surface area (Å²) < 4.78 is 29.7. The number of rotatable bonds is 9. The molecule has 2 saturated heterocycles. The van der Waals surface area contributed by atoms with Gasteiger partial charge in [-0.3, -0.25) is 14.4 Å². The second-order valence-corrected chi connectivity index (χ2v) is 15.0. The Morgan fingerprint density at radius 2 is 1.71 bits per heavy atom. The molecule has 1 aromatic heterocycles. The molecule has 11 heteroatoms. The summed E-state index contributed by atoms with van der Waals surface area (Å²) in [5.41, 5.74) is 4.12. The lowest BCUT2D eigenvalue weighted by atomic mass is 9.97. The first-order valence-corrected chi connectivity index (χ1v) is 18.4. The van der Waals surface area contributed by atoms with Crippen molar-refractivity contribution in [2.24, 2.45) is 0 Å². The van der Waals surface area contributed by atoms with Gasteiger partial charge in [-0.2, -0.15) is 0 Å². The highest BCUT2D eigenvalue weighted by atomic mass is 35.5. The molecule has 4 aromatic rings. The van der Waals surface area contributed by atoms with Crippen molar-refractivity contribution in [3.8, 4) is 0 Å². The van der Waals surface area contributed by atoms with Gasteiger partial charge in [0.05, 0.1) is 16.3 Å². The SMILES string of the molecule is CS(=O)(=O)c1ccc2oc(C(=O)N[C@@H](C=C3CCN(c4ccccc4CN4CCCCC4=O)CC3)Cc3ccc(Cl)cc3)cc(=O)c2c1. The zero-order valence-corrected chi connectivity index (χ0v) is 28.4. The second kappa shape index (κ2) is 14.4. The van der Waals surface area contributed by atoms with Crippen molar-refractivity contribution in [3.63, 3.8) is 0 Å². The van der Waals surface area contributed by atoms with Crippen molar-refractivity contribution in [1.29, 1.82) is 0 Å². The number of hydrogen-bond acceptors (Lipinski definition) is 7. The Bertz CT molecular complexity index is 2030. The van der Waals surface area contributed by atoms with Crippen LogP contribution in [0.25, 0.3) is 11.0 Å². The molecular weight excluding hydrogens is 650 g/mol. The molecule has 2 aliphatic rings. The van der Waals surface area contributed by atoms with Crippen LogP contribution in [0.4, 0.5) is 5.69 Å². The number of fused-ring (bicyclic) bond motifs is 1. The van der Waals surface area contributed by atoms with E-state index in [1.54, 1.807) is 0 Å². The third kappa shape index (κ3) is 7.99. The number of hydrogen-bond donors (Lipinski definition) is 1. The highest BCUT2D eigenvalue weighted by Crippen LogP contribution is 2.29. The maximum absolute atomic E-state index is 13.5. The van der Waals surface area contributed by atoms with Gasteiger partial charge in [0, 0.05) is 55.6 Å². The Hall–Kier alpha value is -4.41. The lowest BCUT2D eigenvalue weighted by Crippen LogP contribution is -2.37. The van der Waals surface area contributed by atoms with Crippen LogP contribution in [0.5, 0.6) is 0 Å². The lowest BCUT2D eigenvalue weighted by Gasteiger charge is -2.34. The smallest absolute Gasteiger partial charge is 0.287 e. The summed E-state index contributed by atoms with van der Waals surface area (Å²) in [5.74, 6) is -0.480. The third-order valence-electron chi connectivity index (χ3n) is 8.99. The highest BCUT2D eigenvalue weighted by Gasteiger charge is 2.23. The quantitative estimate of drug-likeness (QED) is 0.217. The summed E-state index contributed by atoms with van der Waals surface area (Å²) in [7, 11) is -3.52. The molecule has 6 rings (SSSR count). The number of nitrogens with zero attached hydrogens (tertiary/aromatic N) is 2. The molecule has 0 saturated carbocycles. The number of para-hydroxylation sites is 1. The first-order valence-electron chi connectivity index (χ1n) is 16.2. The van der Waals surface area contributed by atoms with Crippen molar-refractivity contribution in [1.82, 2.24) is 10.2 Å². The largest absolute Gasteiger partial charge is 0.451 e. The van der Waals surface area contributed by atoms with Gasteiger partial charge in [-0.25, -0.2) is 8.42 Å². The molecule has 0 bridgehead atoms. The molecular formula is C37H38ClN3O6S. The fourth-order valence-corrected chi connectivity index (χ4v) is 7.19. The number of carbonyl (C=O) groups excluding carboxylic acids is 2. The highest BCUT2D eigenvalue weighted by molar-refractivity contribution is 7.90. The summed E-state index contributed by atoms with van der Waals surface area (Å²) in [6, 6.07) is 20.5. The standard InChI is InChI=1S/C37H38ClN3O6S/c1-48(45,46)30-13-14-34-31(22-30)33(42)23-35(47-34)37(44)39-29(20-25-9-11-28(38)12-10-25)21-26-15-18-40(19-16-26)32-7-3-2-6-27(32)24-41-17-5-4-8-36(41)43/h2-3,6-7,9-14,21-23,29H,4-5,8,15-20,24H2,1H3,(H,39,44)/t29-/m1/s1. The Labute approximate surface area is 285 Å². The van der Waals surface area contributed by atoms with Crippen LogP contribution >= 0.6 is 11.6 Å². The van der Waals surface area contributed by atoms with Gasteiger partial charge in [0.2, 0.25) is 5.91 Å². The van der Waals surface area contributed by atoms with Gasteiger partial charge in [-0.05, 0) is 79.6 Å². The zero-order valence-electron chi connectivity index (χ0n) is 26.8. The second-order valence-electron chi connectivity index (χ2n) is 12.5. The number of halogens is 1. The van der Waals surface area contributed by atoms with E-state index in [0.717, 1.165) is 74.5 Å². The summed E-state index contributed by atoms with van der Waals surface area (Å²) in [6.45, 7) is 3.02. The zero-order chi connectivity index (χ0) is 33.8. The molecule has 0 unspecified atom stereocenters. The molecule has 250 valence electrons. The first kappa shape index (κ1) is 33.5. The molecule has 0 radical (unpaired) electrons. The number of likely N-dealkylation sites (tertiary alicyclic amines) is 1. The maximum Gasteiger partial charge on any atom is 0.287 e.